The topological polar surface area (TPSA) is 42.0 Å². The minimum absolute atomic E-state index is 0.0644. The fourth-order valence-electron chi connectivity index (χ4n) is 1.31. The van der Waals surface area contributed by atoms with Gasteiger partial charge in [0.05, 0.1) is 11.2 Å². The summed E-state index contributed by atoms with van der Waals surface area (Å²) in [6.45, 7) is 5.75. The standard InChI is InChI=1S/C10H15ClN2OS/c1-6(11)4-7(2)13-10(14)9-5-12-8(3)15-9/h5-7H,4H2,1-3H3,(H,13,14). The third kappa shape index (κ3) is 4.18. The van der Waals surface area contributed by atoms with Crippen molar-refractivity contribution < 1.29 is 4.79 Å². The second kappa shape index (κ2) is 5.47. The Kier molecular flexibility index (Phi) is 4.54. The molecular weight excluding hydrogens is 232 g/mol. The van der Waals surface area contributed by atoms with Crippen molar-refractivity contribution >= 4 is 28.8 Å². The summed E-state index contributed by atoms with van der Waals surface area (Å²) in [5, 5.41) is 3.86. The first-order chi connectivity index (χ1) is 6.99. The van der Waals surface area contributed by atoms with Crippen molar-refractivity contribution in [2.24, 2.45) is 0 Å². The van der Waals surface area contributed by atoms with E-state index in [2.05, 4.69) is 10.3 Å². The van der Waals surface area contributed by atoms with Gasteiger partial charge in [0.25, 0.3) is 5.91 Å². The fraction of sp³-hybridized carbons (Fsp3) is 0.600. The highest BCUT2D eigenvalue weighted by atomic mass is 35.5. The first-order valence-electron chi connectivity index (χ1n) is 4.86. The van der Waals surface area contributed by atoms with E-state index in [4.69, 9.17) is 11.6 Å². The minimum Gasteiger partial charge on any atom is -0.349 e. The molecule has 1 aromatic heterocycles. The zero-order valence-electron chi connectivity index (χ0n) is 9.08. The lowest BCUT2D eigenvalue weighted by molar-refractivity contribution is 0.0942. The van der Waals surface area contributed by atoms with Gasteiger partial charge in [0.1, 0.15) is 4.88 Å². The van der Waals surface area contributed by atoms with Crippen molar-refractivity contribution in [2.75, 3.05) is 0 Å². The smallest absolute Gasteiger partial charge is 0.263 e. The molecule has 0 aliphatic heterocycles. The maximum Gasteiger partial charge on any atom is 0.263 e. The second-order valence-corrected chi connectivity index (χ2v) is 5.61. The van der Waals surface area contributed by atoms with Crippen molar-refractivity contribution in [2.45, 2.75) is 38.6 Å². The summed E-state index contributed by atoms with van der Waals surface area (Å²) in [5.74, 6) is -0.0644. The van der Waals surface area contributed by atoms with Gasteiger partial charge in [0.15, 0.2) is 0 Å². The molecule has 0 aliphatic rings. The van der Waals surface area contributed by atoms with Crippen molar-refractivity contribution in [1.82, 2.24) is 10.3 Å². The van der Waals surface area contributed by atoms with Gasteiger partial charge in [-0.2, -0.15) is 0 Å². The van der Waals surface area contributed by atoms with E-state index in [-0.39, 0.29) is 17.3 Å². The van der Waals surface area contributed by atoms with E-state index in [1.54, 1.807) is 6.20 Å². The molecule has 5 heteroatoms. The predicted molar refractivity (Wildman–Crippen MR) is 63.7 cm³/mol. The monoisotopic (exact) mass is 246 g/mol. The van der Waals surface area contributed by atoms with E-state index in [1.165, 1.54) is 11.3 Å². The molecule has 0 saturated carbocycles. The maximum absolute atomic E-state index is 11.7. The molecule has 0 radical (unpaired) electrons. The molecule has 0 bridgehead atoms. The lowest BCUT2D eigenvalue weighted by Crippen LogP contribution is -2.33. The van der Waals surface area contributed by atoms with Gasteiger partial charge < -0.3 is 5.32 Å². The number of rotatable bonds is 4. The normalized spacial score (nSPS) is 14.7. The summed E-state index contributed by atoms with van der Waals surface area (Å²) < 4.78 is 0. The largest absolute Gasteiger partial charge is 0.349 e. The molecule has 0 saturated heterocycles. The number of thiazole rings is 1. The first-order valence-corrected chi connectivity index (χ1v) is 6.11. The Balaban J connectivity index is 2.49. The molecular formula is C10H15ClN2OS. The van der Waals surface area contributed by atoms with Crippen LogP contribution in [0.3, 0.4) is 0 Å². The van der Waals surface area contributed by atoms with Gasteiger partial charge in [-0.15, -0.1) is 22.9 Å². The number of nitrogens with zero attached hydrogens (tertiary/aromatic N) is 1. The summed E-state index contributed by atoms with van der Waals surface area (Å²) in [5.41, 5.74) is 0. The van der Waals surface area contributed by atoms with Crippen LogP contribution in [-0.2, 0) is 0 Å². The molecule has 1 amide bonds. The average molecular weight is 247 g/mol. The number of carbonyl (C=O) groups excluding carboxylic acids is 1. The Morgan fingerprint density at radius 3 is 2.80 bits per heavy atom. The van der Waals surface area contributed by atoms with E-state index in [9.17, 15) is 4.79 Å². The molecule has 2 atom stereocenters. The number of nitrogens with one attached hydrogen (secondary N) is 1. The van der Waals surface area contributed by atoms with Crippen LogP contribution in [0.15, 0.2) is 6.20 Å². The third-order valence-electron chi connectivity index (χ3n) is 1.90. The molecule has 0 spiro atoms. The van der Waals surface area contributed by atoms with Crippen LogP contribution in [0.4, 0.5) is 0 Å². The van der Waals surface area contributed by atoms with Gasteiger partial charge in [-0.25, -0.2) is 4.98 Å². The van der Waals surface area contributed by atoms with Crippen LogP contribution in [0.25, 0.3) is 0 Å². The SMILES string of the molecule is Cc1ncc(C(=O)NC(C)CC(C)Cl)s1. The van der Waals surface area contributed by atoms with Gasteiger partial charge in [0.2, 0.25) is 0 Å². The lowest BCUT2D eigenvalue weighted by atomic mass is 10.2. The Hall–Kier alpha value is -0.610. The maximum atomic E-state index is 11.7. The second-order valence-electron chi connectivity index (χ2n) is 3.63. The number of aromatic nitrogens is 1. The van der Waals surface area contributed by atoms with E-state index in [0.29, 0.717) is 4.88 Å². The highest BCUT2D eigenvalue weighted by Gasteiger charge is 2.13. The van der Waals surface area contributed by atoms with Crippen LogP contribution in [0.2, 0.25) is 0 Å². The van der Waals surface area contributed by atoms with Gasteiger partial charge in [-0.3, -0.25) is 4.79 Å². The predicted octanol–water partition coefficient (Wildman–Crippen LogP) is 2.59. The Labute approximate surface area is 98.9 Å². The van der Waals surface area contributed by atoms with E-state index < -0.39 is 0 Å². The quantitative estimate of drug-likeness (QED) is 0.830. The summed E-state index contributed by atoms with van der Waals surface area (Å²) in [4.78, 5) is 16.4. The highest BCUT2D eigenvalue weighted by Crippen LogP contribution is 2.12. The van der Waals surface area contributed by atoms with Crippen molar-refractivity contribution in [3.8, 4) is 0 Å². The molecule has 0 fully saturated rings. The average Bonchev–Trinajstić information content (AvgIpc) is 2.49. The Morgan fingerprint density at radius 2 is 2.33 bits per heavy atom. The molecule has 1 aromatic rings. The Morgan fingerprint density at radius 1 is 1.67 bits per heavy atom. The summed E-state index contributed by atoms with van der Waals surface area (Å²) >= 11 is 7.25. The molecule has 3 nitrogen and oxygen atoms in total. The minimum atomic E-state index is -0.0644. The van der Waals surface area contributed by atoms with E-state index in [0.717, 1.165) is 11.4 Å². The van der Waals surface area contributed by atoms with Crippen LogP contribution in [0.1, 0.15) is 34.9 Å². The number of carbonyl (C=O) groups is 1. The molecule has 84 valence electrons. The zero-order chi connectivity index (χ0) is 11.4. The van der Waals surface area contributed by atoms with Crippen LogP contribution in [0.5, 0.6) is 0 Å². The highest BCUT2D eigenvalue weighted by molar-refractivity contribution is 7.13. The number of halogens is 1. The fourth-order valence-corrected chi connectivity index (χ4v) is 2.26. The van der Waals surface area contributed by atoms with Crippen molar-refractivity contribution in [3.63, 3.8) is 0 Å². The number of aryl methyl sites for hydroxylation is 1. The molecule has 15 heavy (non-hydrogen) atoms. The zero-order valence-corrected chi connectivity index (χ0v) is 10.7. The number of alkyl halides is 1. The lowest BCUT2D eigenvalue weighted by Gasteiger charge is -2.13. The summed E-state index contributed by atoms with van der Waals surface area (Å²) in [6.07, 6.45) is 2.37. The third-order valence-corrected chi connectivity index (χ3v) is 2.99. The van der Waals surface area contributed by atoms with Gasteiger partial charge >= 0.3 is 0 Å². The summed E-state index contributed by atoms with van der Waals surface area (Å²) in [6, 6.07) is 0.0902. The van der Waals surface area contributed by atoms with E-state index in [1.807, 2.05) is 20.8 Å². The molecule has 2 unspecified atom stereocenters. The molecule has 1 rings (SSSR count). The van der Waals surface area contributed by atoms with Crippen LogP contribution in [0, 0.1) is 6.92 Å². The molecule has 1 N–H and O–H groups in total. The van der Waals surface area contributed by atoms with Crippen molar-refractivity contribution in [3.05, 3.63) is 16.1 Å². The number of hydrogen-bond donors (Lipinski definition) is 1. The molecule has 0 aliphatic carbocycles. The van der Waals surface area contributed by atoms with Gasteiger partial charge in [-0.05, 0) is 27.2 Å². The van der Waals surface area contributed by atoms with Gasteiger partial charge in [0, 0.05) is 11.4 Å². The van der Waals surface area contributed by atoms with Crippen LogP contribution < -0.4 is 5.32 Å². The van der Waals surface area contributed by atoms with Crippen molar-refractivity contribution in [1.29, 1.82) is 0 Å². The molecule has 1 heterocycles. The van der Waals surface area contributed by atoms with Crippen LogP contribution >= 0.6 is 22.9 Å². The van der Waals surface area contributed by atoms with Crippen LogP contribution in [-0.4, -0.2) is 22.3 Å². The Bertz CT molecular complexity index is 338. The van der Waals surface area contributed by atoms with E-state index >= 15 is 0 Å². The number of amides is 1. The summed E-state index contributed by atoms with van der Waals surface area (Å²) in [7, 11) is 0. The molecule has 0 aromatic carbocycles. The number of hydrogen-bond acceptors (Lipinski definition) is 3. The first kappa shape index (κ1) is 12.5. The van der Waals surface area contributed by atoms with Gasteiger partial charge in [-0.1, -0.05) is 0 Å².